The van der Waals surface area contributed by atoms with Crippen molar-refractivity contribution in [3.8, 4) is 5.75 Å². The number of ether oxygens (including phenoxy) is 1. The van der Waals surface area contributed by atoms with Crippen LogP contribution in [0.5, 0.6) is 5.75 Å². The third kappa shape index (κ3) is 4.32. The van der Waals surface area contributed by atoms with Gasteiger partial charge in [-0.3, -0.25) is 4.79 Å². The topological polar surface area (TPSA) is 57.7 Å². The number of anilines is 2. The Bertz CT molecular complexity index is 992. The fourth-order valence-corrected chi connectivity index (χ4v) is 4.40. The molecule has 0 saturated heterocycles. The minimum atomic E-state index is -0.0860. The van der Waals surface area contributed by atoms with Crippen molar-refractivity contribution in [3.05, 3.63) is 70.7 Å². The van der Waals surface area contributed by atoms with Gasteiger partial charge in [-0.05, 0) is 49.3 Å². The van der Waals surface area contributed by atoms with Crippen LogP contribution >= 0.6 is 11.3 Å². The van der Waals surface area contributed by atoms with E-state index in [9.17, 15) is 4.79 Å². The Kier molecular flexibility index (Phi) is 6.30. The van der Waals surface area contributed by atoms with Gasteiger partial charge in [-0.2, -0.15) is 0 Å². The zero-order valence-electron chi connectivity index (χ0n) is 17.2. The summed E-state index contributed by atoms with van der Waals surface area (Å²) in [7, 11) is 3.93. The fourth-order valence-electron chi connectivity index (χ4n) is 3.61. The van der Waals surface area contributed by atoms with E-state index in [1.54, 1.807) is 22.4 Å². The van der Waals surface area contributed by atoms with Gasteiger partial charge in [0.2, 0.25) is 0 Å². The van der Waals surface area contributed by atoms with Crippen molar-refractivity contribution < 1.29 is 9.53 Å². The van der Waals surface area contributed by atoms with Crippen molar-refractivity contribution in [2.24, 2.45) is 0 Å². The number of fused-ring (bicyclic) bond motifs is 1. The number of benzene rings is 1. The molecule has 1 aromatic carbocycles. The van der Waals surface area contributed by atoms with Crippen LogP contribution in [0.2, 0.25) is 0 Å². The number of nitrogens with zero attached hydrogens (tertiary/aromatic N) is 3. The Labute approximate surface area is 181 Å². The van der Waals surface area contributed by atoms with Crippen LogP contribution in [0.1, 0.15) is 27.9 Å². The molecule has 0 saturated carbocycles. The number of nitrogens with one attached hydrogen (secondary N) is 1. The van der Waals surface area contributed by atoms with Gasteiger partial charge in [0.1, 0.15) is 11.9 Å². The van der Waals surface area contributed by atoms with E-state index in [4.69, 9.17) is 4.74 Å². The molecule has 6 nitrogen and oxygen atoms in total. The molecule has 0 spiro atoms. The van der Waals surface area contributed by atoms with Crippen LogP contribution in [-0.2, 0) is 0 Å². The molecule has 0 radical (unpaired) electrons. The van der Waals surface area contributed by atoms with Crippen LogP contribution in [0.15, 0.2) is 60.1 Å². The number of carbonyl (C=O) groups excluding carboxylic acids is 1. The molecule has 1 atom stereocenters. The zero-order valence-corrected chi connectivity index (χ0v) is 18.1. The van der Waals surface area contributed by atoms with E-state index in [0.717, 1.165) is 36.6 Å². The number of rotatable bonds is 7. The number of thiophene rings is 1. The lowest BCUT2D eigenvalue weighted by Gasteiger charge is -2.23. The van der Waals surface area contributed by atoms with Crippen molar-refractivity contribution in [2.75, 3.05) is 43.5 Å². The Morgan fingerprint density at radius 1 is 1.20 bits per heavy atom. The second-order valence-electron chi connectivity index (χ2n) is 7.26. The monoisotopic (exact) mass is 422 g/mol. The fraction of sp³-hybridized carbons (Fsp3) is 0.304. The molecule has 1 unspecified atom stereocenters. The number of hydrogen-bond donors (Lipinski definition) is 1. The Balaban J connectivity index is 1.59. The van der Waals surface area contributed by atoms with Crippen LogP contribution in [0.4, 0.5) is 11.4 Å². The Morgan fingerprint density at radius 2 is 2.10 bits per heavy atom. The Morgan fingerprint density at radius 3 is 2.90 bits per heavy atom. The first-order valence-electron chi connectivity index (χ1n) is 10.1. The van der Waals surface area contributed by atoms with Crippen LogP contribution in [0.3, 0.4) is 0 Å². The summed E-state index contributed by atoms with van der Waals surface area (Å²) < 4.78 is 6.36. The van der Waals surface area contributed by atoms with E-state index in [0.29, 0.717) is 12.2 Å². The van der Waals surface area contributed by atoms with Crippen LogP contribution < -0.4 is 19.9 Å². The van der Waals surface area contributed by atoms with E-state index in [2.05, 4.69) is 26.6 Å². The number of amides is 1. The molecular formula is C23H26N4O2S. The van der Waals surface area contributed by atoms with Crippen molar-refractivity contribution in [2.45, 2.75) is 12.5 Å². The maximum Gasteiger partial charge on any atom is 0.279 e. The van der Waals surface area contributed by atoms with Gasteiger partial charge in [0.25, 0.3) is 5.91 Å². The molecule has 1 N–H and O–H groups in total. The second kappa shape index (κ2) is 9.28. The lowest BCUT2D eigenvalue weighted by Crippen LogP contribution is -2.34. The smallest absolute Gasteiger partial charge is 0.279 e. The summed E-state index contributed by atoms with van der Waals surface area (Å²) in [6, 6.07) is 15.7. The molecule has 3 aromatic rings. The number of pyridine rings is 1. The van der Waals surface area contributed by atoms with Gasteiger partial charge in [0, 0.05) is 49.4 Å². The highest BCUT2D eigenvalue weighted by Gasteiger charge is 2.27. The minimum absolute atomic E-state index is 0.0268. The van der Waals surface area contributed by atoms with E-state index in [1.165, 1.54) is 4.88 Å². The molecule has 30 heavy (non-hydrogen) atoms. The van der Waals surface area contributed by atoms with Gasteiger partial charge in [-0.25, -0.2) is 4.98 Å². The first kappa shape index (κ1) is 20.4. The molecule has 1 amide bonds. The highest BCUT2D eigenvalue weighted by Crippen LogP contribution is 2.31. The van der Waals surface area contributed by atoms with Gasteiger partial charge in [-0.1, -0.05) is 12.1 Å². The zero-order chi connectivity index (χ0) is 20.9. The summed E-state index contributed by atoms with van der Waals surface area (Å²) in [5.41, 5.74) is 2.17. The third-order valence-electron chi connectivity index (χ3n) is 5.23. The molecule has 0 fully saturated rings. The number of carbonyl (C=O) groups is 1. The summed E-state index contributed by atoms with van der Waals surface area (Å²) >= 11 is 1.70. The first-order valence-corrected chi connectivity index (χ1v) is 11.0. The van der Waals surface area contributed by atoms with Gasteiger partial charge < -0.3 is 19.9 Å². The molecule has 4 rings (SSSR count). The minimum Gasteiger partial charge on any atom is -0.485 e. The van der Waals surface area contributed by atoms with Crippen LogP contribution in [-0.4, -0.2) is 44.6 Å². The maximum absolute atomic E-state index is 13.2. The number of hydrogen-bond acceptors (Lipinski definition) is 6. The average Bonchev–Trinajstić information content (AvgIpc) is 3.27. The van der Waals surface area contributed by atoms with Crippen molar-refractivity contribution >= 4 is 28.6 Å². The standard InChI is InChI=1S/C23H26N4O2S/c1-24-12-10-20(21-9-5-15-30-21)29-18-7-3-6-17(16-18)27-14-13-26(2)19-8-4-11-25-22(19)23(27)28/h3-9,11,15-16,20,24H,10,12-14H2,1-2H3. The summed E-state index contributed by atoms with van der Waals surface area (Å²) in [5.74, 6) is 0.672. The summed E-state index contributed by atoms with van der Waals surface area (Å²) in [6.45, 7) is 2.18. The van der Waals surface area contributed by atoms with Crippen molar-refractivity contribution in [3.63, 3.8) is 0 Å². The van der Waals surface area contributed by atoms with Gasteiger partial charge in [-0.15, -0.1) is 11.3 Å². The molecule has 2 aromatic heterocycles. The number of aromatic nitrogens is 1. The van der Waals surface area contributed by atoms with E-state index in [-0.39, 0.29) is 12.0 Å². The van der Waals surface area contributed by atoms with E-state index < -0.39 is 0 Å². The molecule has 3 heterocycles. The normalized spacial score (nSPS) is 14.9. The second-order valence-corrected chi connectivity index (χ2v) is 8.24. The molecule has 0 aliphatic carbocycles. The lowest BCUT2D eigenvalue weighted by molar-refractivity contribution is 0.0985. The molecule has 0 bridgehead atoms. The predicted octanol–water partition coefficient (Wildman–Crippen LogP) is 3.97. The highest BCUT2D eigenvalue weighted by molar-refractivity contribution is 7.10. The molecule has 1 aliphatic rings. The maximum atomic E-state index is 13.2. The molecular weight excluding hydrogens is 396 g/mol. The van der Waals surface area contributed by atoms with Crippen molar-refractivity contribution in [1.29, 1.82) is 0 Å². The average molecular weight is 423 g/mol. The van der Waals surface area contributed by atoms with E-state index in [1.807, 2.05) is 56.6 Å². The van der Waals surface area contributed by atoms with Gasteiger partial charge in [0.05, 0.1) is 5.69 Å². The predicted molar refractivity (Wildman–Crippen MR) is 122 cm³/mol. The first-order chi connectivity index (χ1) is 14.7. The van der Waals surface area contributed by atoms with E-state index >= 15 is 0 Å². The third-order valence-corrected chi connectivity index (χ3v) is 6.19. The summed E-state index contributed by atoms with van der Waals surface area (Å²) in [6.07, 6.45) is 2.51. The van der Waals surface area contributed by atoms with Gasteiger partial charge in [0.15, 0.2) is 5.69 Å². The highest BCUT2D eigenvalue weighted by atomic mass is 32.1. The summed E-state index contributed by atoms with van der Waals surface area (Å²) in [4.78, 5) is 22.6. The Hall–Kier alpha value is -2.90. The molecule has 156 valence electrons. The van der Waals surface area contributed by atoms with Gasteiger partial charge >= 0.3 is 0 Å². The van der Waals surface area contributed by atoms with Crippen LogP contribution in [0.25, 0.3) is 0 Å². The lowest BCUT2D eigenvalue weighted by atomic mass is 10.2. The van der Waals surface area contributed by atoms with Crippen LogP contribution in [0, 0.1) is 0 Å². The summed E-state index contributed by atoms with van der Waals surface area (Å²) in [5, 5.41) is 5.26. The largest absolute Gasteiger partial charge is 0.485 e. The number of likely N-dealkylation sites (N-methyl/N-ethyl adjacent to an activating group) is 1. The van der Waals surface area contributed by atoms with Crippen molar-refractivity contribution in [1.82, 2.24) is 10.3 Å². The quantitative estimate of drug-likeness (QED) is 0.624. The SMILES string of the molecule is CNCCC(Oc1cccc(N2CCN(C)c3cccnc3C2=O)c1)c1cccs1. The molecule has 7 heteroatoms. The molecule has 1 aliphatic heterocycles.